The molecule has 0 aliphatic heterocycles. The van der Waals surface area contributed by atoms with Crippen molar-refractivity contribution in [3.05, 3.63) is 12.2 Å². The number of ether oxygens (including phenoxy) is 1. The second-order valence-electron chi connectivity index (χ2n) is 7.28. The number of hydrogen-bond donors (Lipinski definition) is 1. The third kappa shape index (κ3) is 2.25. The number of hydrogen-bond acceptors (Lipinski definition) is 3. The molecule has 2 atom stereocenters. The average molecular weight is 277 g/mol. The van der Waals surface area contributed by atoms with Crippen LogP contribution in [0.4, 0.5) is 0 Å². The van der Waals surface area contributed by atoms with Gasteiger partial charge >= 0.3 is 5.97 Å². The normalized spacial score (nSPS) is 41.3. The molecule has 4 nitrogen and oxygen atoms in total. The molecule has 0 aromatic carbocycles. The van der Waals surface area contributed by atoms with Gasteiger partial charge in [0.1, 0.15) is 5.60 Å². The highest BCUT2D eigenvalue weighted by atomic mass is 16.6. The van der Waals surface area contributed by atoms with Crippen molar-refractivity contribution < 1.29 is 14.3 Å². The van der Waals surface area contributed by atoms with E-state index in [9.17, 15) is 9.59 Å². The average Bonchev–Trinajstić information content (AvgIpc) is 2.23. The summed E-state index contributed by atoms with van der Waals surface area (Å²) in [7, 11) is 0. The Labute approximate surface area is 119 Å². The van der Waals surface area contributed by atoms with Crippen LogP contribution in [0.2, 0.25) is 0 Å². The lowest BCUT2D eigenvalue weighted by Crippen LogP contribution is -2.66. The first kappa shape index (κ1) is 13.7. The fourth-order valence-corrected chi connectivity index (χ4v) is 5.10. The van der Waals surface area contributed by atoms with Gasteiger partial charge in [0, 0.05) is 24.5 Å². The number of rotatable bonds is 3. The maximum Gasteiger partial charge on any atom is 0.333 e. The summed E-state index contributed by atoms with van der Waals surface area (Å²) >= 11 is 0. The van der Waals surface area contributed by atoms with Gasteiger partial charge in [0.25, 0.3) is 0 Å². The first-order valence-corrected chi connectivity index (χ1v) is 7.49. The Morgan fingerprint density at radius 2 is 1.75 bits per heavy atom. The van der Waals surface area contributed by atoms with Gasteiger partial charge in [-0.1, -0.05) is 6.58 Å². The van der Waals surface area contributed by atoms with Crippen LogP contribution in [0.25, 0.3) is 0 Å². The highest BCUT2D eigenvalue weighted by molar-refractivity contribution is 5.87. The Hall–Kier alpha value is -1.32. The maximum absolute atomic E-state index is 11.9. The molecule has 2 unspecified atom stereocenters. The van der Waals surface area contributed by atoms with Crippen molar-refractivity contribution in [2.45, 2.75) is 63.5 Å². The molecule has 0 aromatic rings. The second-order valence-corrected chi connectivity index (χ2v) is 7.28. The molecule has 4 bridgehead atoms. The molecule has 4 fully saturated rings. The molecule has 0 spiro atoms. The van der Waals surface area contributed by atoms with Crippen LogP contribution in [0.1, 0.15) is 52.4 Å². The summed E-state index contributed by atoms with van der Waals surface area (Å²) in [6.07, 6.45) is 5.96. The Morgan fingerprint density at radius 3 is 2.25 bits per heavy atom. The second kappa shape index (κ2) is 4.34. The van der Waals surface area contributed by atoms with E-state index < -0.39 is 0 Å². The van der Waals surface area contributed by atoms with E-state index in [0.29, 0.717) is 17.4 Å². The Kier molecular flexibility index (Phi) is 2.96. The van der Waals surface area contributed by atoms with Gasteiger partial charge < -0.3 is 10.1 Å². The largest absolute Gasteiger partial charge is 0.456 e. The summed E-state index contributed by atoms with van der Waals surface area (Å²) in [5, 5.41) is 3.16. The van der Waals surface area contributed by atoms with Crippen LogP contribution in [-0.4, -0.2) is 23.0 Å². The molecule has 1 N–H and O–H groups in total. The van der Waals surface area contributed by atoms with E-state index in [2.05, 4.69) is 11.9 Å². The van der Waals surface area contributed by atoms with Crippen molar-refractivity contribution in [1.82, 2.24) is 5.32 Å². The minimum Gasteiger partial charge on any atom is -0.456 e. The molecule has 0 aromatic heterocycles. The van der Waals surface area contributed by atoms with Crippen LogP contribution in [0, 0.1) is 11.8 Å². The van der Waals surface area contributed by atoms with Gasteiger partial charge in [-0.3, -0.25) is 4.79 Å². The molecule has 4 aliphatic carbocycles. The summed E-state index contributed by atoms with van der Waals surface area (Å²) in [5.41, 5.74) is -0.0669. The maximum atomic E-state index is 11.9. The van der Waals surface area contributed by atoms with Crippen LogP contribution in [0.15, 0.2) is 12.2 Å². The molecule has 1 amide bonds. The van der Waals surface area contributed by atoms with E-state index in [1.807, 2.05) is 0 Å². The predicted molar refractivity (Wildman–Crippen MR) is 74.9 cm³/mol. The van der Waals surface area contributed by atoms with E-state index in [1.54, 1.807) is 13.8 Å². The fourth-order valence-electron chi connectivity index (χ4n) is 5.10. The summed E-state index contributed by atoms with van der Waals surface area (Å²) in [4.78, 5) is 23.5. The molecule has 110 valence electrons. The topological polar surface area (TPSA) is 55.4 Å². The van der Waals surface area contributed by atoms with Gasteiger partial charge in [0.2, 0.25) is 5.91 Å². The van der Waals surface area contributed by atoms with E-state index in [-0.39, 0.29) is 23.0 Å². The monoisotopic (exact) mass is 277 g/mol. The molecule has 4 heteroatoms. The fraction of sp³-hybridized carbons (Fsp3) is 0.750. The molecular formula is C16H23NO3. The first-order valence-electron chi connectivity index (χ1n) is 7.49. The van der Waals surface area contributed by atoms with Crippen molar-refractivity contribution in [3.63, 3.8) is 0 Å². The highest BCUT2D eigenvalue weighted by Gasteiger charge is 2.59. The minimum atomic E-state index is -0.372. The molecule has 0 radical (unpaired) electrons. The number of esters is 1. The van der Waals surface area contributed by atoms with Crippen molar-refractivity contribution >= 4 is 11.9 Å². The van der Waals surface area contributed by atoms with Crippen LogP contribution in [-0.2, 0) is 14.3 Å². The zero-order chi connectivity index (χ0) is 14.5. The van der Waals surface area contributed by atoms with E-state index >= 15 is 0 Å². The molecule has 0 heterocycles. The zero-order valence-electron chi connectivity index (χ0n) is 12.3. The lowest BCUT2D eigenvalue weighted by atomic mass is 9.51. The SMILES string of the molecule is C=C(C)C(=O)OC12CC3CC(CC(NC(C)=O)(C3)C1)C2. The molecule has 20 heavy (non-hydrogen) atoms. The Bertz CT molecular complexity index is 468. The highest BCUT2D eigenvalue weighted by Crippen LogP contribution is 2.59. The Balaban J connectivity index is 1.85. The van der Waals surface area contributed by atoms with Crippen molar-refractivity contribution in [2.75, 3.05) is 0 Å². The summed E-state index contributed by atoms with van der Waals surface area (Å²) in [5.74, 6) is 0.875. The molecule has 0 saturated heterocycles. The van der Waals surface area contributed by atoms with Gasteiger partial charge in [-0.05, 0) is 50.9 Å². The number of amides is 1. The van der Waals surface area contributed by atoms with E-state index in [1.165, 1.54) is 6.42 Å². The molecular weight excluding hydrogens is 254 g/mol. The number of carbonyl (C=O) groups excluding carboxylic acids is 2. The summed E-state index contributed by atoms with van der Waals surface area (Å²) in [6, 6.07) is 0. The van der Waals surface area contributed by atoms with Crippen molar-refractivity contribution in [2.24, 2.45) is 11.8 Å². The lowest BCUT2D eigenvalue weighted by molar-refractivity contribution is -0.188. The van der Waals surface area contributed by atoms with Gasteiger partial charge in [0.15, 0.2) is 0 Å². The third-order valence-electron chi connectivity index (χ3n) is 5.11. The zero-order valence-corrected chi connectivity index (χ0v) is 12.3. The smallest absolute Gasteiger partial charge is 0.333 e. The molecule has 4 saturated carbocycles. The first-order chi connectivity index (χ1) is 9.31. The van der Waals surface area contributed by atoms with Gasteiger partial charge in [-0.2, -0.15) is 0 Å². The van der Waals surface area contributed by atoms with Gasteiger partial charge in [0.05, 0.1) is 0 Å². The summed E-state index contributed by atoms with van der Waals surface area (Å²) < 4.78 is 5.83. The van der Waals surface area contributed by atoms with Crippen LogP contribution in [0.5, 0.6) is 0 Å². The van der Waals surface area contributed by atoms with Crippen molar-refractivity contribution in [1.29, 1.82) is 0 Å². The predicted octanol–water partition coefficient (Wildman–Crippen LogP) is 2.33. The molecule has 4 aliphatic rings. The number of nitrogens with one attached hydrogen (secondary N) is 1. The van der Waals surface area contributed by atoms with E-state index in [4.69, 9.17) is 4.74 Å². The van der Waals surface area contributed by atoms with Crippen LogP contribution >= 0.6 is 0 Å². The standard InChI is InChI=1S/C16H23NO3/c1-10(2)14(19)20-16-7-12-4-13(8-16)6-15(5-12,9-16)17-11(3)18/h12-13H,1,4-9H2,2-3H3,(H,17,18). The van der Waals surface area contributed by atoms with E-state index in [0.717, 1.165) is 32.1 Å². The molecule has 4 rings (SSSR count). The third-order valence-corrected chi connectivity index (χ3v) is 5.11. The minimum absolute atomic E-state index is 0.0216. The lowest BCUT2D eigenvalue weighted by Gasteiger charge is -2.61. The van der Waals surface area contributed by atoms with Gasteiger partial charge in [-0.25, -0.2) is 4.79 Å². The van der Waals surface area contributed by atoms with Crippen LogP contribution < -0.4 is 5.32 Å². The summed E-state index contributed by atoms with van der Waals surface area (Å²) in [6.45, 7) is 6.94. The van der Waals surface area contributed by atoms with Crippen molar-refractivity contribution in [3.8, 4) is 0 Å². The Morgan fingerprint density at radius 1 is 1.15 bits per heavy atom. The number of carbonyl (C=O) groups is 2. The van der Waals surface area contributed by atoms with Gasteiger partial charge in [-0.15, -0.1) is 0 Å². The quantitative estimate of drug-likeness (QED) is 0.636. The van der Waals surface area contributed by atoms with Crippen LogP contribution in [0.3, 0.4) is 0 Å².